The van der Waals surface area contributed by atoms with Gasteiger partial charge in [0, 0.05) is 14.8 Å². The van der Waals surface area contributed by atoms with Crippen LogP contribution in [0.2, 0.25) is 0 Å². The van der Waals surface area contributed by atoms with E-state index < -0.39 is 17.7 Å². The second-order valence-electron chi connectivity index (χ2n) is 8.44. The molecule has 0 saturated carbocycles. The Morgan fingerprint density at radius 2 is 1.71 bits per heavy atom. The van der Waals surface area contributed by atoms with Crippen LogP contribution >= 0.6 is 22.6 Å². The Morgan fingerprint density at radius 3 is 2.34 bits per heavy atom. The first kappa shape index (κ1) is 26.3. The molecule has 1 unspecified atom stereocenters. The summed E-state index contributed by atoms with van der Waals surface area (Å²) < 4.78 is 2.71. The van der Waals surface area contributed by atoms with Gasteiger partial charge in [-0.3, -0.25) is 19.6 Å². The predicted octanol–water partition coefficient (Wildman–Crippen LogP) is 2.97. The molecule has 1 heterocycles. The molecule has 2 aromatic carbocycles. The Kier molecular flexibility index (Phi) is 9.32. The Hall–Kier alpha value is -3.32. The number of rotatable bonds is 10. The van der Waals surface area contributed by atoms with Crippen LogP contribution in [-0.2, 0) is 22.7 Å². The molecule has 10 nitrogen and oxygen atoms in total. The minimum Gasteiger partial charge on any atom is -0.346 e. The summed E-state index contributed by atoms with van der Waals surface area (Å²) >= 11 is 2.18. The molecule has 4 N–H and O–H groups in total. The minimum absolute atomic E-state index is 0.105. The van der Waals surface area contributed by atoms with Gasteiger partial charge < -0.3 is 10.6 Å². The first-order chi connectivity index (χ1) is 16.7. The van der Waals surface area contributed by atoms with E-state index in [1.807, 2.05) is 38.1 Å². The molecule has 0 fully saturated rings. The summed E-state index contributed by atoms with van der Waals surface area (Å²) in [4.78, 5) is 36.6. The smallest absolute Gasteiger partial charge is 0.255 e. The number of nitrogens with zero attached hydrogens (tertiary/aromatic N) is 3. The molecule has 1 atom stereocenters. The summed E-state index contributed by atoms with van der Waals surface area (Å²) in [5.74, 6) is -2.27. The van der Waals surface area contributed by atoms with Gasteiger partial charge in [0.15, 0.2) is 0 Å². The second kappa shape index (κ2) is 12.4. The normalized spacial score (nSPS) is 11.7. The van der Waals surface area contributed by atoms with Crippen molar-refractivity contribution < 1.29 is 19.6 Å². The van der Waals surface area contributed by atoms with Crippen LogP contribution in [0.3, 0.4) is 0 Å². The largest absolute Gasteiger partial charge is 0.346 e. The lowest BCUT2D eigenvalue weighted by Crippen LogP contribution is -2.37. The molecule has 0 aliphatic heterocycles. The zero-order chi connectivity index (χ0) is 25.4. The molecule has 184 valence electrons. The molecule has 3 aromatic rings. The summed E-state index contributed by atoms with van der Waals surface area (Å²) in [5, 5.41) is 22.7. The highest BCUT2D eigenvalue weighted by Crippen LogP contribution is 2.17. The number of hydrogen-bond donors (Lipinski definition) is 4. The Bertz CT molecular complexity index is 1160. The van der Waals surface area contributed by atoms with Crippen molar-refractivity contribution in [3.8, 4) is 0 Å². The molecule has 3 amide bonds. The number of hydroxylamine groups is 1. The third-order valence-corrected chi connectivity index (χ3v) is 5.86. The van der Waals surface area contributed by atoms with E-state index >= 15 is 0 Å². The van der Waals surface area contributed by atoms with Crippen LogP contribution < -0.4 is 16.1 Å². The maximum Gasteiger partial charge on any atom is 0.255 e. The van der Waals surface area contributed by atoms with E-state index in [9.17, 15) is 14.4 Å². The number of anilines is 1. The highest BCUT2D eigenvalue weighted by atomic mass is 127. The summed E-state index contributed by atoms with van der Waals surface area (Å²) in [6.07, 6.45) is 2.07. The maximum absolute atomic E-state index is 12.5. The van der Waals surface area contributed by atoms with Crippen molar-refractivity contribution in [3.63, 3.8) is 0 Å². The van der Waals surface area contributed by atoms with Gasteiger partial charge in [-0.05, 0) is 76.9 Å². The van der Waals surface area contributed by atoms with Crippen molar-refractivity contribution in [3.05, 3.63) is 75.1 Å². The van der Waals surface area contributed by atoms with E-state index in [4.69, 9.17) is 5.21 Å². The number of benzene rings is 2. The van der Waals surface area contributed by atoms with Crippen molar-refractivity contribution >= 4 is 46.0 Å². The zero-order valence-corrected chi connectivity index (χ0v) is 21.5. The van der Waals surface area contributed by atoms with Gasteiger partial charge in [-0.15, -0.1) is 5.10 Å². The highest BCUT2D eigenvalue weighted by molar-refractivity contribution is 14.1. The highest BCUT2D eigenvalue weighted by Gasteiger charge is 2.27. The van der Waals surface area contributed by atoms with Crippen molar-refractivity contribution in [2.75, 3.05) is 5.32 Å². The second-order valence-corrected chi connectivity index (χ2v) is 9.69. The van der Waals surface area contributed by atoms with Gasteiger partial charge in [0.05, 0.1) is 19.3 Å². The van der Waals surface area contributed by atoms with Gasteiger partial charge in [-0.1, -0.05) is 31.2 Å². The fraction of sp³-hybridized carbons (Fsp3) is 0.292. The molecule has 0 aliphatic rings. The first-order valence-corrected chi connectivity index (χ1v) is 12.1. The molecule has 0 saturated heterocycles. The van der Waals surface area contributed by atoms with E-state index in [2.05, 4.69) is 43.5 Å². The summed E-state index contributed by atoms with van der Waals surface area (Å²) in [6, 6.07) is 14.4. The number of amides is 3. The van der Waals surface area contributed by atoms with E-state index in [1.54, 1.807) is 40.6 Å². The standard InChI is InChI=1S/C24H27IN6O4/c1-15(2)11-21(24(34)29-35)23(33)27-19-9-3-16(4-10-19)13-31-14-20(28-30-31)12-26-22(32)17-5-7-18(25)8-6-17/h3-10,14-15,21,35H,11-13H2,1-2H3,(H,26,32)(H,27,33)(H,29,34). The number of carbonyl (C=O) groups is 3. The summed E-state index contributed by atoms with van der Waals surface area (Å²) in [6.45, 7) is 4.50. The average molecular weight is 590 g/mol. The summed E-state index contributed by atoms with van der Waals surface area (Å²) in [7, 11) is 0. The lowest BCUT2D eigenvalue weighted by atomic mass is 9.95. The molecule has 0 radical (unpaired) electrons. The molecule has 11 heteroatoms. The average Bonchev–Trinajstić information content (AvgIpc) is 3.29. The van der Waals surface area contributed by atoms with E-state index in [-0.39, 0.29) is 18.4 Å². The number of halogens is 1. The zero-order valence-electron chi connectivity index (χ0n) is 19.4. The molecule has 1 aromatic heterocycles. The van der Waals surface area contributed by atoms with E-state index in [0.717, 1.165) is 9.13 Å². The molecule has 0 spiro atoms. The molecule has 35 heavy (non-hydrogen) atoms. The van der Waals surface area contributed by atoms with Crippen LogP contribution in [0, 0.1) is 15.4 Å². The first-order valence-electron chi connectivity index (χ1n) is 11.0. The fourth-order valence-corrected chi connectivity index (χ4v) is 3.72. The van der Waals surface area contributed by atoms with Crippen molar-refractivity contribution in [1.82, 2.24) is 25.8 Å². The van der Waals surface area contributed by atoms with Gasteiger partial charge in [-0.2, -0.15) is 0 Å². The maximum atomic E-state index is 12.5. The molecular weight excluding hydrogens is 563 g/mol. The lowest BCUT2D eigenvalue weighted by Gasteiger charge is -2.17. The van der Waals surface area contributed by atoms with Crippen LogP contribution in [0.5, 0.6) is 0 Å². The fourth-order valence-electron chi connectivity index (χ4n) is 3.36. The van der Waals surface area contributed by atoms with Crippen LogP contribution in [0.25, 0.3) is 0 Å². The van der Waals surface area contributed by atoms with E-state index in [1.165, 1.54) is 0 Å². The third kappa shape index (κ3) is 7.86. The third-order valence-electron chi connectivity index (χ3n) is 5.14. The van der Waals surface area contributed by atoms with Crippen LogP contribution in [-0.4, -0.2) is 37.9 Å². The van der Waals surface area contributed by atoms with E-state index in [0.29, 0.717) is 29.9 Å². The number of aromatic nitrogens is 3. The topological polar surface area (TPSA) is 138 Å². The monoisotopic (exact) mass is 590 g/mol. The lowest BCUT2D eigenvalue weighted by molar-refractivity contribution is -0.139. The minimum atomic E-state index is -0.987. The van der Waals surface area contributed by atoms with Gasteiger partial charge in [0.1, 0.15) is 11.6 Å². The van der Waals surface area contributed by atoms with Gasteiger partial charge >= 0.3 is 0 Å². The molecule has 0 bridgehead atoms. The van der Waals surface area contributed by atoms with Gasteiger partial charge in [-0.25, -0.2) is 10.2 Å². The quantitative estimate of drug-likeness (QED) is 0.124. The number of hydrogen-bond acceptors (Lipinski definition) is 6. The van der Waals surface area contributed by atoms with Gasteiger partial charge in [0.2, 0.25) is 5.91 Å². The van der Waals surface area contributed by atoms with Crippen LogP contribution in [0.1, 0.15) is 41.9 Å². The van der Waals surface area contributed by atoms with Crippen molar-refractivity contribution in [2.45, 2.75) is 33.4 Å². The Labute approximate surface area is 216 Å². The predicted molar refractivity (Wildman–Crippen MR) is 137 cm³/mol. The summed E-state index contributed by atoms with van der Waals surface area (Å²) in [5.41, 5.74) is 4.24. The van der Waals surface area contributed by atoms with Crippen LogP contribution in [0.4, 0.5) is 5.69 Å². The SMILES string of the molecule is CC(C)CC(C(=O)NO)C(=O)Nc1ccc(Cn2cc(CNC(=O)c3ccc(I)cc3)nn2)cc1. The van der Waals surface area contributed by atoms with Crippen molar-refractivity contribution in [2.24, 2.45) is 11.8 Å². The van der Waals surface area contributed by atoms with Gasteiger partial charge in [0.25, 0.3) is 11.8 Å². The number of nitrogens with one attached hydrogen (secondary N) is 3. The van der Waals surface area contributed by atoms with Crippen molar-refractivity contribution in [1.29, 1.82) is 0 Å². The Morgan fingerprint density at radius 1 is 1.03 bits per heavy atom. The number of carbonyl (C=O) groups excluding carboxylic acids is 3. The van der Waals surface area contributed by atoms with Crippen LogP contribution in [0.15, 0.2) is 54.7 Å². The molecular formula is C24H27IN6O4. The molecule has 0 aliphatic carbocycles. The molecule has 3 rings (SSSR count). The Balaban J connectivity index is 1.53.